The van der Waals surface area contributed by atoms with Crippen molar-refractivity contribution in [2.75, 3.05) is 19.7 Å². The van der Waals surface area contributed by atoms with Gasteiger partial charge in [0.25, 0.3) is 0 Å². The van der Waals surface area contributed by atoms with Crippen molar-refractivity contribution in [3.05, 3.63) is 46.6 Å². The Balaban J connectivity index is 1.98. The second-order valence-electron chi connectivity index (χ2n) is 5.69. The van der Waals surface area contributed by atoms with Gasteiger partial charge in [-0.25, -0.2) is 9.10 Å². The van der Waals surface area contributed by atoms with Gasteiger partial charge >= 0.3 is 16.2 Å². The van der Waals surface area contributed by atoms with Crippen LogP contribution < -0.4 is 5.32 Å². The van der Waals surface area contributed by atoms with Gasteiger partial charge in [-0.2, -0.15) is 8.42 Å². The molecule has 1 amide bonds. The summed E-state index contributed by atoms with van der Waals surface area (Å²) < 4.78 is 33.4. The van der Waals surface area contributed by atoms with Crippen molar-refractivity contribution in [1.29, 1.82) is 0 Å². The fourth-order valence-electron chi connectivity index (χ4n) is 2.31. The Bertz CT molecular complexity index is 878. The first-order valence-electron chi connectivity index (χ1n) is 8.21. The van der Waals surface area contributed by atoms with Gasteiger partial charge in [-0.1, -0.05) is 23.7 Å². The van der Waals surface area contributed by atoms with E-state index in [1.165, 1.54) is 6.92 Å². The molecule has 0 atom stereocenters. The summed E-state index contributed by atoms with van der Waals surface area (Å²) in [5.41, 5.74) is 1.00. The number of hydrogen-bond acceptors (Lipinski definition) is 5. The molecule has 0 unspecified atom stereocenters. The molecule has 27 heavy (non-hydrogen) atoms. The Kier molecular flexibility index (Phi) is 6.98. The molecule has 8 nitrogen and oxygen atoms in total. The maximum atomic E-state index is 12.1. The molecule has 0 aliphatic carbocycles. The number of rotatable bonds is 7. The van der Waals surface area contributed by atoms with Crippen LogP contribution in [-0.4, -0.2) is 50.0 Å². The van der Waals surface area contributed by atoms with Crippen LogP contribution in [0.2, 0.25) is 5.02 Å². The number of hydrogen-bond donors (Lipinski definition) is 1. The van der Waals surface area contributed by atoms with Gasteiger partial charge in [-0.3, -0.25) is 4.79 Å². The quantitative estimate of drug-likeness (QED) is 0.681. The second-order valence-corrected chi connectivity index (χ2v) is 7.67. The van der Waals surface area contributed by atoms with Crippen LogP contribution in [0.15, 0.2) is 40.4 Å². The monoisotopic (exact) mass is 413 g/mol. The van der Waals surface area contributed by atoms with Gasteiger partial charge in [0.15, 0.2) is 0 Å². The molecule has 2 rings (SSSR count). The number of benzene rings is 1. The molecule has 146 valence electrons. The van der Waals surface area contributed by atoms with Crippen LogP contribution in [0.1, 0.15) is 19.4 Å². The molecule has 10 heteroatoms. The summed E-state index contributed by atoms with van der Waals surface area (Å²) in [6, 6.07) is 7.19. The lowest BCUT2D eigenvalue weighted by Crippen LogP contribution is -2.40. The van der Waals surface area contributed by atoms with E-state index in [1.807, 2.05) is 12.1 Å². The number of carbonyl (C=O) groups excluding carboxylic acids is 2. The molecule has 0 fully saturated rings. The topological polar surface area (TPSA) is 105 Å². The van der Waals surface area contributed by atoms with Crippen LogP contribution in [-0.2, 0) is 31.0 Å². The van der Waals surface area contributed by atoms with Crippen LogP contribution >= 0.6 is 11.6 Å². The van der Waals surface area contributed by atoms with E-state index < -0.39 is 28.6 Å². The van der Waals surface area contributed by atoms with Crippen LogP contribution in [0.25, 0.3) is 0 Å². The molecule has 0 spiro atoms. The Morgan fingerprint density at radius 2 is 1.93 bits per heavy atom. The lowest BCUT2D eigenvalue weighted by atomic mass is 10.1. The normalized spacial score (nSPS) is 15.6. The van der Waals surface area contributed by atoms with Crippen molar-refractivity contribution < 1.29 is 22.7 Å². The molecule has 0 saturated heterocycles. The molecular weight excluding hydrogens is 394 g/mol. The first kappa shape index (κ1) is 20.9. The number of nitrogens with zero attached hydrogens (tertiary/aromatic N) is 2. The summed E-state index contributed by atoms with van der Waals surface area (Å²) in [7, 11) is -4.07. The van der Waals surface area contributed by atoms with Crippen LogP contribution in [0.4, 0.5) is 0 Å². The number of halogens is 1. The average Bonchev–Trinajstić information content (AvgIpc) is 2.58. The number of nitrogens with one attached hydrogen (secondary N) is 1. The van der Waals surface area contributed by atoms with Gasteiger partial charge in [0.2, 0.25) is 5.91 Å². The molecule has 1 aromatic rings. The van der Waals surface area contributed by atoms with Crippen LogP contribution in [0.5, 0.6) is 0 Å². The lowest BCUT2D eigenvalue weighted by Gasteiger charge is -2.22. The molecule has 1 aliphatic rings. The van der Waals surface area contributed by atoms with Gasteiger partial charge < -0.3 is 10.1 Å². The minimum Gasteiger partial charge on any atom is -0.462 e. The molecule has 1 heterocycles. The molecule has 0 saturated carbocycles. The summed E-state index contributed by atoms with van der Waals surface area (Å²) in [6.45, 7) is 3.01. The highest BCUT2D eigenvalue weighted by Gasteiger charge is 2.30. The number of amides is 1. The standard InChI is InChI=1S/C17H20ClN3O5S/c1-3-26-17(23)15-10-21(27(24,25)20-12(15)2)11-16(22)19-9-8-13-4-6-14(18)7-5-13/h4-7,10H,3,8-9,11H2,1-2H3,(H,19,22). The van der Waals surface area contributed by atoms with E-state index in [0.29, 0.717) is 18.0 Å². The molecule has 1 N–H and O–H groups in total. The lowest BCUT2D eigenvalue weighted by molar-refractivity contribution is -0.138. The fourth-order valence-corrected chi connectivity index (χ4v) is 3.50. The van der Waals surface area contributed by atoms with Gasteiger partial charge in [0.1, 0.15) is 6.54 Å². The molecular formula is C17H20ClN3O5S. The third-order valence-corrected chi connectivity index (χ3v) is 5.24. The Morgan fingerprint density at radius 1 is 1.26 bits per heavy atom. The summed E-state index contributed by atoms with van der Waals surface area (Å²) >= 11 is 5.81. The van der Waals surface area contributed by atoms with E-state index in [-0.39, 0.29) is 17.9 Å². The Labute approximate surface area is 163 Å². The van der Waals surface area contributed by atoms with Crippen molar-refractivity contribution in [1.82, 2.24) is 9.62 Å². The molecule has 0 aromatic heterocycles. The zero-order valence-electron chi connectivity index (χ0n) is 14.9. The largest absolute Gasteiger partial charge is 0.462 e. The summed E-state index contributed by atoms with van der Waals surface area (Å²) in [5, 5.41) is 3.26. The van der Waals surface area contributed by atoms with E-state index in [0.717, 1.165) is 16.1 Å². The van der Waals surface area contributed by atoms with E-state index in [9.17, 15) is 18.0 Å². The summed E-state index contributed by atoms with van der Waals surface area (Å²) in [5.74, 6) is -1.21. The number of esters is 1. The predicted molar refractivity (Wildman–Crippen MR) is 102 cm³/mol. The van der Waals surface area contributed by atoms with Crippen LogP contribution in [0.3, 0.4) is 0 Å². The Morgan fingerprint density at radius 3 is 2.56 bits per heavy atom. The van der Waals surface area contributed by atoms with E-state index in [2.05, 4.69) is 9.71 Å². The highest BCUT2D eigenvalue weighted by atomic mass is 35.5. The highest BCUT2D eigenvalue weighted by molar-refractivity contribution is 7.88. The smallest absolute Gasteiger partial charge is 0.344 e. The van der Waals surface area contributed by atoms with Crippen LogP contribution in [0, 0.1) is 0 Å². The minimum atomic E-state index is -4.07. The van der Waals surface area contributed by atoms with E-state index in [1.54, 1.807) is 19.1 Å². The van der Waals surface area contributed by atoms with Crippen molar-refractivity contribution in [3.63, 3.8) is 0 Å². The summed E-state index contributed by atoms with van der Waals surface area (Å²) in [4.78, 5) is 24.0. The summed E-state index contributed by atoms with van der Waals surface area (Å²) in [6.07, 6.45) is 1.64. The maximum Gasteiger partial charge on any atom is 0.344 e. The molecule has 1 aromatic carbocycles. The van der Waals surface area contributed by atoms with Gasteiger partial charge in [0, 0.05) is 17.8 Å². The Hall–Kier alpha value is -2.39. The molecule has 0 bridgehead atoms. The zero-order chi connectivity index (χ0) is 20.0. The van der Waals surface area contributed by atoms with Crippen molar-refractivity contribution in [2.45, 2.75) is 20.3 Å². The number of carbonyl (C=O) groups is 2. The SMILES string of the molecule is CCOC(=O)C1=CN(CC(=O)NCCc2ccc(Cl)cc2)S(=O)(=O)N=C1C. The first-order chi connectivity index (χ1) is 12.7. The highest BCUT2D eigenvalue weighted by Crippen LogP contribution is 2.17. The van der Waals surface area contributed by atoms with Crippen molar-refractivity contribution in [2.24, 2.45) is 4.40 Å². The molecule has 0 radical (unpaired) electrons. The third-order valence-electron chi connectivity index (χ3n) is 3.66. The fraction of sp³-hybridized carbons (Fsp3) is 0.353. The second kappa shape index (κ2) is 9.01. The van der Waals surface area contributed by atoms with E-state index >= 15 is 0 Å². The van der Waals surface area contributed by atoms with Gasteiger partial charge in [-0.15, -0.1) is 4.40 Å². The van der Waals surface area contributed by atoms with Crippen molar-refractivity contribution >= 4 is 39.4 Å². The van der Waals surface area contributed by atoms with Gasteiger partial charge in [-0.05, 0) is 38.0 Å². The zero-order valence-corrected chi connectivity index (χ0v) is 16.5. The number of ether oxygens (including phenoxy) is 1. The third kappa shape index (κ3) is 5.80. The predicted octanol–water partition coefficient (Wildman–Crippen LogP) is 1.47. The average molecular weight is 414 g/mol. The maximum absolute atomic E-state index is 12.1. The minimum absolute atomic E-state index is 0.000592. The van der Waals surface area contributed by atoms with E-state index in [4.69, 9.17) is 16.3 Å². The van der Waals surface area contributed by atoms with Crippen molar-refractivity contribution in [3.8, 4) is 0 Å². The molecule has 1 aliphatic heterocycles. The van der Waals surface area contributed by atoms with Gasteiger partial charge in [0.05, 0.1) is 17.9 Å². The first-order valence-corrected chi connectivity index (χ1v) is 9.99.